The van der Waals surface area contributed by atoms with Crippen LogP contribution in [-0.4, -0.2) is 47.4 Å². The van der Waals surface area contributed by atoms with Crippen LogP contribution in [0, 0.1) is 5.82 Å². The predicted octanol–water partition coefficient (Wildman–Crippen LogP) is 5.16. The standard InChI is InChI=1S/C24H26F3N5O2/c1-14-12-32(13-15(2)34-14)23-29-11-19(25)21(31-23)30-20-9-17(10-28-22(20)33-4)16-5-7-18(8-6-16)24(3,26)27/h5-11,14-15H,12-13H2,1-4H3,(H,29,30,31)/t14-,15+. The molecule has 180 valence electrons. The van der Waals surface area contributed by atoms with Gasteiger partial charge in [0.05, 0.1) is 25.5 Å². The number of methoxy groups -OCH3 is 1. The van der Waals surface area contributed by atoms with Gasteiger partial charge in [0.2, 0.25) is 11.8 Å². The summed E-state index contributed by atoms with van der Waals surface area (Å²) in [5.41, 5.74) is 1.60. The fraction of sp³-hybridized carbons (Fsp3) is 0.375. The van der Waals surface area contributed by atoms with Gasteiger partial charge in [-0.3, -0.25) is 0 Å². The normalized spacial score (nSPS) is 18.6. The van der Waals surface area contributed by atoms with Crippen molar-refractivity contribution in [2.45, 2.75) is 38.9 Å². The van der Waals surface area contributed by atoms with E-state index in [1.165, 1.54) is 19.2 Å². The summed E-state index contributed by atoms with van der Waals surface area (Å²) in [5.74, 6) is -2.99. The van der Waals surface area contributed by atoms with Gasteiger partial charge in [0.1, 0.15) is 5.69 Å². The lowest BCUT2D eigenvalue weighted by Gasteiger charge is -2.35. The van der Waals surface area contributed by atoms with Crippen LogP contribution in [0.15, 0.2) is 42.7 Å². The number of benzene rings is 1. The quantitative estimate of drug-likeness (QED) is 0.531. The van der Waals surface area contributed by atoms with Gasteiger partial charge in [-0.25, -0.2) is 23.1 Å². The maximum Gasteiger partial charge on any atom is 0.270 e. The summed E-state index contributed by atoms with van der Waals surface area (Å²) in [6, 6.07) is 7.61. The fourth-order valence-electron chi connectivity index (χ4n) is 3.88. The third-order valence-electron chi connectivity index (χ3n) is 5.46. The van der Waals surface area contributed by atoms with E-state index in [-0.39, 0.29) is 29.5 Å². The molecule has 1 aromatic carbocycles. The Hall–Kier alpha value is -3.40. The molecular weight excluding hydrogens is 447 g/mol. The molecular formula is C24H26F3N5O2. The van der Waals surface area contributed by atoms with Crippen LogP contribution in [0.3, 0.4) is 0 Å². The highest BCUT2D eigenvalue weighted by atomic mass is 19.3. The van der Waals surface area contributed by atoms with Crippen molar-refractivity contribution in [3.05, 3.63) is 54.1 Å². The van der Waals surface area contributed by atoms with Crippen LogP contribution in [0.25, 0.3) is 11.1 Å². The number of pyridine rings is 1. The largest absolute Gasteiger partial charge is 0.480 e. The molecule has 10 heteroatoms. The number of halogens is 3. The van der Waals surface area contributed by atoms with Gasteiger partial charge in [0, 0.05) is 37.3 Å². The van der Waals surface area contributed by atoms with E-state index in [4.69, 9.17) is 9.47 Å². The SMILES string of the molecule is COc1ncc(-c2ccc(C(C)(F)F)cc2)cc1Nc1nc(N2C[C@@H](C)O[C@@H](C)C2)ncc1F. The molecule has 0 aliphatic carbocycles. The highest BCUT2D eigenvalue weighted by Crippen LogP contribution is 2.33. The van der Waals surface area contributed by atoms with Gasteiger partial charge in [-0.2, -0.15) is 4.98 Å². The van der Waals surface area contributed by atoms with Crippen molar-refractivity contribution in [2.24, 2.45) is 0 Å². The molecule has 4 rings (SSSR count). The molecule has 0 spiro atoms. The van der Waals surface area contributed by atoms with Crippen LogP contribution in [0.4, 0.5) is 30.6 Å². The van der Waals surface area contributed by atoms with Crippen LogP contribution < -0.4 is 15.0 Å². The number of nitrogens with zero attached hydrogens (tertiary/aromatic N) is 4. The lowest BCUT2D eigenvalue weighted by atomic mass is 10.0. The van der Waals surface area contributed by atoms with Crippen LogP contribution in [0.1, 0.15) is 26.3 Å². The second kappa shape index (κ2) is 9.46. The number of ether oxygens (including phenoxy) is 2. The van der Waals surface area contributed by atoms with Crippen molar-refractivity contribution in [2.75, 3.05) is 30.4 Å². The molecule has 3 aromatic rings. The van der Waals surface area contributed by atoms with Crippen molar-refractivity contribution >= 4 is 17.5 Å². The topological polar surface area (TPSA) is 72.4 Å². The molecule has 3 heterocycles. The first-order chi connectivity index (χ1) is 16.1. The zero-order valence-electron chi connectivity index (χ0n) is 19.3. The molecule has 7 nitrogen and oxygen atoms in total. The maximum atomic E-state index is 14.6. The lowest BCUT2D eigenvalue weighted by molar-refractivity contribution is -0.00572. The van der Waals surface area contributed by atoms with E-state index in [1.54, 1.807) is 24.4 Å². The molecule has 0 amide bonds. The molecule has 1 aliphatic heterocycles. The van der Waals surface area contributed by atoms with Crippen LogP contribution >= 0.6 is 0 Å². The van der Waals surface area contributed by atoms with Gasteiger partial charge < -0.3 is 19.7 Å². The van der Waals surface area contributed by atoms with Gasteiger partial charge in [0.25, 0.3) is 5.92 Å². The van der Waals surface area contributed by atoms with Crippen LogP contribution in [-0.2, 0) is 10.7 Å². The molecule has 2 aromatic heterocycles. The first kappa shape index (κ1) is 23.7. The van der Waals surface area contributed by atoms with E-state index >= 15 is 0 Å². The Morgan fingerprint density at radius 1 is 1.06 bits per heavy atom. The first-order valence-corrected chi connectivity index (χ1v) is 10.9. The second-order valence-electron chi connectivity index (χ2n) is 8.40. The highest BCUT2D eigenvalue weighted by molar-refractivity contribution is 5.72. The molecule has 34 heavy (non-hydrogen) atoms. The third kappa shape index (κ3) is 5.22. The average molecular weight is 473 g/mol. The van der Waals surface area contributed by atoms with Crippen LogP contribution in [0.2, 0.25) is 0 Å². The second-order valence-corrected chi connectivity index (χ2v) is 8.40. The van der Waals surface area contributed by atoms with E-state index < -0.39 is 11.7 Å². The molecule has 0 radical (unpaired) electrons. The summed E-state index contributed by atoms with van der Waals surface area (Å²) in [4.78, 5) is 14.7. The minimum Gasteiger partial charge on any atom is -0.480 e. The maximum absolute atomic E-state index is 14.6. The van der Waals surface area contributed by atoms with Crippen molar-refractivity contribution in [1.82, 2.24) is 15.0 Å². The van der Waals surface area contributed by atoms with Crippen molar-refractivity contribution < 1.29 is 22.6 Å². The smallest absolute Gasteiger partial charge is 0.270 e. The molecule has 1 fully saturated rings. The molecule has 2 atom stereocenters. The zero-order valence-corrected chi connectivity index (χ0v) is 19.3. The number of rotatable bonds is 6. The molecule has 1 saturated heterocycles. The molecule has 0 bridgehead atoms. The number of hydrogen-bond acceptors (Lipinski definition) is 7. The fourth-order valence-corrected chi connectivity index (χ4v) is 3.88. The Morgan fingerprint density at radius 2 is 1.74 bits per heavy atom. The third-order valence-corrected chi connectivity index (χ3v) is 5.46. The molecule has 0 saturated carbocycles. The van der Waals surface area contributed by atoms with Gasteiger partial charge >= 0.3 is 0 Å². The van der Waals surface area contributed by atoms with Gasteiger partial charge in [0.15, 0.2) is 11.6 Å². The highest BCUT2D eigenvalue weighted by Gasteiger charge is 2.26. The number of hydrogen-bond donors (Lipinski definition) is 1. The summed E-state index contributed by atoms with van der Waals surface area (Å²) in [5, 5.41) is 2.95. The first-order valence-electron chi connectivity index (χ1n) is 10.9. The molecule has 1 aliphatic rings. The zero-order chi connectivity index (χ0) is 24.5. The Balaban J connectivity index is 1.63. The monoisotopic (exact) mass is 473 g/mol. The van der Waals surface area contributed by atoms with Gasteiger partial charge in [-0.1, -0.05) is 24.3 Å². The molecule has 1 N–H and O–H groups in total. The van der Waals surface area contributed by atoms with Crippen LogP contribution in [0.5, 0.6) is 5.88 Å². The minimum absolute atomic E-state index is 0.00571. The summed E-state index contributed by atoms with van der Waals surface area (Å²) < 4.78 is 52.8. The number of anilines is 3. The predicted molar refractivity (Wildman–Crippen MR) is 123 cm³/mol. The minimum atomic E-state index is -2.93. The number of nitrogens with one attached hydrogen (secondary N) is 1. The van der Waals surface area contributed by atoms with E-state index in [0.29, 0.717) is 35.9 Å². The summed E-state index contributed by atoms with van der Waals surface area (Å²) in [6.45, 7) is 5.94. The van der Waals surface area contributed by atoms with Gasteiger partial charge in [-0.15, -0.1) is 0 Å². The summed E-state index contributed by atoms with van der Waals surface area (Å²) in [7, 11) is 1.45. The van der Waals surface area contributed by atoms with Crippen molar-refractivity contribution in [3.8, 4) is 17.0 Å². The van der Waals surface area contributed by atoms with E-state index in [1.807, 2.05) is 18.7 Å². The summed E-state index contributed by atoms with van der Waals surface area (Å²) >= 11 is 0. The van der Waals surface area contributed by atoms with E-state index in [2.05, 4.69) is 20.3 Å². The van der Waals surface area contributed by atoms with E-state index in [0.717, 1.165) is 13.1 Å². The number of morpholine rings is 1. The van der Waals surface area contributed by atoms with Gasteiger partial charge in [-0.05, 0) is 25.5 Å². The lowest BCUT2D eigenvalue weighted by Crippen LogP contribution is -2.46. The van der Waals surface area contributed by atoms with Crippen molar-refractivity contribution in [3.63, 3.8) is 0 Å². The Labute approximate surface area is 196 Å². The Kier molecular flexibility index (Phi) is 6.60. The number of aromatic nitrogens is 3. The number of alkyl halides is 2. The molecule has 0 unspecified atom stereocenters. The Morgan fingerprint density at radius 3 is 2.35 bits per heavy atom. The Bertz CT molecular complexity index is 1140. The summed E-state index contributed by atoms with van der Waals surface area (Å²) in [6.07, 6.45) is 2.66. The van der Waals surface area contributed by atoms with E-state index in [9.17, 15) is 13.2 Å². The average Bonchev–Trinajstić information content (AvgIpc) is 2.79. The van der Waals surface area contributed by atoms with Crippen molar-refractivity contribution in [1.29, 1.82) is 0 Å².